The van der Waals surface area contributed by atoms with E-state index in [1.807, 2.05) is 0 Å². The fraction of sp³-hybridized carbons (Fsp3) is 0.917. The highest BCUT2D eigenvalue weighted by Crippen LogP contribution is 2.21. The highest BCUT2D eigenvalue weighted by molar-refractivity contribution is 5.88. The summed E-state index contributed by atoms with van der Waals surface area (Å²) in [5.41, 5.74) is 0. The SMILES string of the molecule is CCCCCCCCCCCCCCCCCC(=O)OC(=O)[C@H]1O[C@@H](O)[C@H](O)[C@@H](O)[C@@H]1O. The number of hydrogen-bond acceptors (Lipinski definition) is 8. The normalized spacial score (nSPS) is 25.6. The van der Waals surface area contributed by atoms with E-state index >= 15 is 0 Å². The van der Waals surface area contributed by atoms with E-state index in [0.29, 0.717) is 6.42 Å². The molecule has 1 saturated heterocycles. The molecule has 5 atom stereocenters. The molecule has 0 spiro atoms. The molecule has 1 rings (SSSR count). The standard InChI is InChI=1S/C24H44O8/c1-2-3-4-5-6-7-8-9-10-11-12-13-14-15-16-17-18(25)31-24(30)22-20(27)19(26)21(28)23(29)32-22/h19-23,26-29H,2-17H2,1H3/t19-,20-,21+,22-,23+/m0/s1. The van der Waals surface area contributed by atoms with Gasteiger partial charge in [-0.3, -0.25) is 4.79 Å². The van der Waals surface area contributed by atoms with E-state index in [1.165, 1.54) is 70.6 Å². The highest BCUT2D eigenvalue weighted by Gasteiger charge is 2.47. The Morgan fingerprint density at radius 2 is 1.09 bits per heavy atom. The summed E-state index contributed by atoms with van der Waals surface area (Å²) in [6, 6.07) is 0. The van der Waals surface area contributed by atoms with Crippen LogP contribution in [0.5, 0.6) is 0 Å². The third-order valence-electron chi connectivity index (χ3n) is 6.02. The molecule has 0 aliphatic carbocycles. The topological polar surface area (TPSA) is 134 Å². The van der Waals surface area contributed by atoms with Gasteiger partial charge in [0.1, 0.15) is 18.3 Å². The number of unbranched alkanes of at least 4 members (excludes halogenated alkanes) is 14. The molecule has 4 N–H and O–H groups in total. The monoisotopic (exact) mass is 460 g/mol. The van der Waals surface area contributed by atoms with Crippen LogP contribution in [0.1, 0.15) is 110 Å². The molecular formula is C24H44O8. The maximum atomic E-state index is 11.9. The molecule has 0 aromatic heterocycles. The van der Waals surface area contributed by atoms with E-state index in [4.69, 9.17) is 4.74 Å². The second-order valence-corrected chi connectivity index (χ2v) is 8.91. The minimum Gasteiger partial charge on any atom is -0.391 e. The van der Waals surface area contributed by atoms with Crippen LogP contribution in [0, 0.1) is 0 Å². The Balaban J connectivity index is 1.97. The first-order valence-corrected chi connectivity index (χ1v) is 12.5. The largest absolute Gasteiger partial charge is 0.391 e. The van der Waals surface area contributed by atoms with Gasteiger partial charge >= 0.3 is 11.9 Å². The van der Waals surface area contributed by atoms with Crippen LogP contribution in [0.15, 0.2) is 0 Å². The van der Waals surface area contributed by atoms with Crippen molar-refractivity contribution < 1.29 is 39.5 Å². The number of rotatable bonds is 17. The van der Waals surface area contributed by atoms with Gasteiger partial charge in [-0.1, -0.05) is 96.8 Å². The first-order valence-electron chi connectivity index (χ1n) is 12.5. The van der Waals surface area contributed by atoms with Crippen LogP contribution in [0.4, 0.5) is 0 Å². The van der Waals surface area contributed by atoms with Crippen LogP contribution in [-0.4, -0.2) is 63.1 Å². The summed E-state index contributed by atoms with van der Waals surface area (Å²) in [6.07, 6.45) is 9.35. The van der Waals surface area contributed by atoms with Crippen molar-refractivity contribution in [1.82, 2.24) is 0 Å². The van der Waals surface area contributed by atoms with Gasteiger partial charge in [0.15, 0.2) is 12.4 Å². The Labute approximate surface area is 192 Å². The molecule has 1 aliphatic heterocycles. The molecule has 32 heavy (non-hydrogen) atoms. The second-order valence-electron chi connectivity index (χ2n) is 8.91. The van der Waals surface area contributed by atoms with Crippen molar-refractivity contribution in [3.8, 4) is 0 Å². The molecule has 0 unspecified atom stereocenters. The Morgan fingerprint density at radius 3 is 1.56 bits per heavy atom. The minimum absolute atomic E-state index is 0.0700. The number of aliphatic hydroxyl groups excluding tert-OH is 4. The van der Waals surface area contributed by atoms with Crippen molar-refractivity contribution in [2.24, 2.45) is 0 Å². The van der Waals surface area contributed by atoms with Gasteiger partial charge in [-0.25, -0.2) is 4.79 Å². The zero-order chi connectivity index (χ0) is 23.8. The van der Waals surface area contributed by atoms with Gasteiger partial charge in [0, 0.05) is 6.42 Å². The number of aliphatic hydroxyl groups is 4. The molecule has 0 radical (unpaired) electrons. The fourth-order valence-electron chi connectivity index (χ4n) is 3.92. The minimum atomic E-state index is -1.85. The third-order valence-corrected chi connectivity index (χ3v) is 6.02. The van der Waals surface area contributed by atoms with Crippen LogP contribution in [-0.2, 0) is 19.1 Å². The second kappa shape index (κ2) is 17.4. The van der Waals surface area contributed by atoms with Gasteiger partial charge in [-0.2, -0.15) is 0 Å². The van der Waals surface area contributed by atoms with E-state index in [2.05, 4.69) is 11.7 Å². The van der Waals surface area contributed by atoms with Crippen LogP contribution in [0.2, 0.25) is 0 Å². The predicted molar refractivity (Wildman–Crippen MR) is 120 cm³/mol. The average Bonchev–Trinajstić information content (AvgIpc) is 2.77. The summed E-state index contributed by atoms with van der Waals surface area (Å²) in [5, 5.41) is 38.2. The summed E-state index contributed by atoms with van der Waals surface area (Å²) >= 11 is 0. The van der Waals surface area contributed by atoms with Gasteiger partial charge in [0.05, 0.1) is 0 Å². The maximum absolute atomic E-state index is 11.9. The van der Waals surface area contributed by atoms with Crippen molar-refractivity contribution in [3.05, 3.63) is 0 Å². The van der Waals surface area contributed by atoms with Crippen molar-refractivity contribution in [2.75, 3.05) is 0 Å². The van der Waals surface area contributed by atoms with Gasteiger partial charge < -0.3 is 29.9 Å². The molecule has 1 heterocycles. The Bertz CT molecular complexity index is 512. The first kappa shape index (κ1) is 29.0. The van der Waals surface area contributed by atoms with E-state index in [-0.39, 0.29) is 6.42 Å². The zero-order valence-corrected chi connectivity index (χ0v) is 19.6. The van der Waals surface area contributed by atoms with Gasteiger partial charge in [0.25, 0.3) is 0 Å². The smallest absolute Gasteiger partial charge is 0.345 e. The Kier molecular flexibility index (Phi) is 15.8. The summed E-state index contributed by atoms with van der Waals surface area (Å²) in [7, 11) is 0. The van der Waals surface area contributed by atoms with E-state index in [9.17, 15) is 30.0 Å². The lowest BCUT2D eigenvalue weighted by atomic mass is 9.99. The summed E-state index contributed by atoms with van der Waals surface area (Å²) in [5.74, 6) is -1.93. The Morgan fingerprint density at radius 1 is 0.656 bits per heavy atom. The van der Waals surface area contributed by atoms with E-state index in [0.717, 1.165) is 19.3 Å². The third kappa shape index (κ3) is 11.7. The lowest BCUT2D eigenvalue weighted by molar-refractivity contribution is -0.280. The zero-order valence-electron chi connectivity index (χ0n) is 19.6. The van der Waals surface area contributed by atoms with Crippen LogP contribution >= 0.6 is 0 Å². The van der Waals surface area contributed by atoms with Gasteiger partial charge in [-0.05, 0) is 6.42 Å². The molecule has 1 fully saturated rings. The summed E-state index contributed by atoms with van der Waals surface area (Å²) in [6.45, 7) is 2.24. The van der Waals surface area contributed by atoms with Crippen molar-refractivity contribution in [3.63, 3.8) is 0 Å². The molecular weight excluding hydrogens is 416 g/mol. The molecule has 0 amide bonds. The molecule has 0 aromatic rings. The molecule has 1 aliphatic rings. The summed E-state index contributed by atoms with van der Waals surface area (Å²) < 4.78 is 9.39. The number of esters is 2. The quantitative estimate of drug-likeness (QED) is 0.148. The van der Waals surface area contributed by atoms with E-state index in [1.54, 1.807) is 0 Å². The first-order chi connectivity index (χ1) is 15.4. The van der Waals surface area contributed by atoms with Gasteiger partial charge in [-0.15, -0.1) is 0 Å². The predicted octanol–water partition coefficient (Wildman–Crippen LogP) is 3.12. The number of hydrogen-bond donors (Lipinski definition) is 4. The molecule has 188 valence electrons. The highest BCUT2D eigenvalue weighted by atomic mass is 16.7. The van der Waals surface area contributed by atoms with Crippen molar-refractivity contribution in [2.45, 2.75) is 140 Å². The van der Waals surface area contributed by atoms with E-state index < -0.39 is 42.6 Å². The Hall–Kier alpha value is -1.06. The van der Waals surface area contributed by atoms with Crippen LogP contribution in [0.25, 0.3) is 0 Å². The lowest BCUT2D eigenvalue weighted by Gasteiger charge is -2.36. The number of carbonyl (C=O) groups excluding carboxylic acids is 2. The number of carbonyl (C=O) groups is 2. The van der Waals surface area contributed by atoms with Gasteiger partial charge in [0.2, 0.25) is 0 Å². The summed E-state index contributed by atoms with van der Waals surface area (Å²) in [4.78, 5) is 23.8. The molecule has 8 nitrogen and oxygen atoms in total. The number of ether oxygens (including phenoxy) is 2. The maximum Gasteiger partial charge on any atom is 0.345 e. The molecule has 0 aromatic carbocycles. The molecule has 0 saturated carbocycles. The fourth-order valence-corrected chi connectivity index (χ4v) is 3.92. The lowest BCUT2D eigenvalue weighted by Crippen LogP contribution is -2.60. The van der Waals surface area contributed by atoms with Crippen molar-refractivity contribution in [1.29, 1.82) is 0 Å². The average molecular weight is 461 g/mol. The van der Waals surface area contributed by atoms with Crippen LogP contribution < -0.4 is 0 Å². The molecule has 8 heteroatoms. The van der Waals surface area contributed by atoms with Crippen molar-refractivity contribution >= 4 is 11.9 Å². The van der Waals surface area contributed by atoms with Crippen LogP contribution in [0.3, 0.4) is 0 Å². The molecule has 0 bridgehead atoms.